The second-order valence-corrected chi connectivity index (χ2v) is 5.18. The van der Waals surface area contributed by atoms with Gasteiger partial charge in [0.05, 0.1) is 5.92 Å². The minimum Gasteiger partial charge on any atom is -0.481 e. The monoisotopic (exact) mass is 250 g/mol. The maximum atomic E-state index is 11.0. The lowest BCUT2D eigenvalue weighted by molar-refractivity contribution is -0.142. The van der Waals surface area contributed by atoms with Crippen LogP contribution in [-0.4, -0.2) is 38.9 Å². The van der Waals surface area contributed by atoms with Crippen LogP contribution >= 0.6 is 0 Å². The molecule has 3 heterocycles. The second kappa shape index (κ2) is 4.68. The Balaban J connectivity index is 1.81. The van der Waals surface area contributed by atoms with Crippen LogP contribution in [0.1, 0.15) is 36.8 Å². The first-order chi connectivity index (χ1) is 8.75. The molecule has 0 radical (unpaired) electrons. The Morgan fingerprint density at radius 3 is 2.78 bits per heavy atom. The van der Waals surface area contributed by atoms with Crippen LogP contribution in [0.3, 0.4) is 0 Å². The number of piperidine rings is 1. The summed E-state index contributed by atoms with van der Waals surface area (Å²) in [5.74, 6) is 1.39. The molecule has 1 fully saturated rings. The van der Waals surface area contributed by atoms with Crippen LogP contribution in [0.25, 0.3) is 0 Å². The van der Waals surface area contributed by atoms with E-state index < -0.39 is 5.97 Å². The minimum absolute atomic E-state index is 0.289. The summed E-state index contributed by atoms with van der Waals surface area (Å²) in [6.45, 7) is 2.81. The summed E-state index contributed by atoms with van der Waals surface area (Å²) in [6.07, 6.45) is 3.41. The number of hydrogen-bond acceptors (Lipinski definition) is 4. The van der Waals surface area contributed by atoms with Gasteiger partial charge in [-0.15, -0.1) is 10.2 Å². The van der Waals surface area contributed by atoms with Crippen LogP contribution in [0.15, 0.2) is 0 Å². The first kappa shape index (κ1) is 11.6. The van der Waals surface area contributed by atoms with E-state index in [-0.39, 0.29) is 5.92 Å². The smallest absolute Gasteiger partial charge is 0.307 e. The Morgan fingerprint density at radius 2 is 2.06 bits per heavy atom. The summed E-state index contributed by atoms with van der Waals surface area (Å²) in [5.41, 5.74) is 0. The van der Waals surface area contributed by atoms with Crippen LogP contribution in [0.5, 0.6) is 0 Å². The van der Waals surface area contributed by atoms with Crippen LogP contribution in [0, 0.1) is 5.92 Å². The van der Waals surface area contributed by atoms with Gasteiger partial charge in [-0.1, -0.05) is 0 Å². The molecule has 6 nitrogen and oxygen atoms in total. The molecule has 3 rings (SSSR count). The molecule has 0 aliphatic carbocycles. The largest absolute Gasteiger partial charge is 0.481 e. The highest BCUT2D eigenvalue weighted by Crippen LogP contribution is 2.28. The third kappa shape index (κ3) is 2.01. The Morgan fingerprint density at radius 1 is 1.28 bits per heavy atom. The molecule has 0 spiro atoms. The molecule has 2 aliphatic heterocycles. The highest BCUT2D eigenvalue weighted by Gasteiger charge is 2.30. The lowest BCUT2D eigenvalue weighted by Gasteiger charge is -2.25. The maximum Gasteiger partial charge on any atom is 0.307 e. The molecule has 1 aromatic heterocycles. The van der Waals surface area contributed by atoms with Gasteiger partial charge in [0.25, 0.3) is 0 Å². The van der Waals surface area contributed by atoms with Gasteiger partial charge in [0.2, 0.25) is 0 Å². The van der Waals surface area contributed by atoms with Crippen LogP contribution in [-0.2, 0) is 17.8 Å². The topological polar surface area (TPSA) is 80.0 Å². The number of hydrogen-bond donors (Lipinski definition) is 2. The number of aromatic nitrogens is 3. The molecule has 1 atom stereocenters. The molecule has 2 N–H and O–H groups in total. The third-order valence-corrected chi connectivity index (χ3v) is 4.04. The van der Waals surface area contributed by atoms with Crippen molar-refractivity contribution < 1.29 is 9.90 Å². The highest BCUT2D eigenvalue weighted by atomic mass is 16.4. The fourth-order valence-electron chi connectivity index (χ4n) is 2.94. The minimum atomic E-state index is -0.715. The standard InChI is InChI=1S/C12H18N4O2/c17-12(18)9-3-6-16-10(7-9)14-15-11(16)8-1-4-13-5-2-8/h8-9,13H,1-7H2,(H,17,18). The van der Waals surface area contributed by atoms with Gasteiger partial charge in [-0.25, -0.2) is 0 Å². The van der Waals surface area contributed by atoms with Crippen molar-refractivity contribution in [2.45, 2.75) is 38.1 Å². The number of nitrogens with one attached hydrogen (secondary N) is 1. The van der Waals surface area contributed by atoms with Gasteiger partial charge in [-0.2, -0.15) is 0 Å². The number of aliphatic carboxylic acids is 1. The molecule has 1 unspecified atom stereocenters. The normalized spacial score (nSPS) is 24.8. The van der Waals surface area contributed by atoms with Gasteiger partial charge in [-0.3, -0.25) is 4.79 Å². The summed E-state index contributed by atoms with van der Waals surface area (Å²) >= 11 is 0. The number of fused-ring (bicyclic) bond motifs is 1. The lowest BCUT2D eigenvalue weighted by Crippen LogP contribution is -2.30. The van der Waals surface area contributed by atoms with Crippen molar-refractivity contribution in [2.24, 2.45) is 5.92 Å². The molecular weight excluding hydrogens is 232 g/mol. The molecule has 6 heteroatoms. The van der Waals surface area contributed by atoms with E-state index in [2.05, 4.69) is 20.1 Å². The van der Waals surface area contributed by atoms with Crippen LogP contribution < -0.4 is 5.32 Å². The number of carboxylic acids is 1. The molecule has 98 valence electrons. The molecule has 0 saturated carbocycles. The molecule has 0 bridgehead atoms. The van der Waals surface area contributed by atoms with Crippen LogP contribution in [0.4, 0.5) is 0 Å². The van der Waals surface area contributed by atoms with Gasteiger partial charge in [0.15, 0.2) is 0 Å². The Kier molecular flexibility index (Phi) is 3.03. The SMILES string of the molecule is O=C(O)C1CCn2c(nnc2C2CCNCC2)C1. The van der Waals surface area contributed by atoms with Crippen molar-refractivity contribution in [2.75, 3.05) is 13.1 Å². The van der Waals surface area contributed by atoms with Gasteiger partial charge in [-0.05, 0) is 32.4 Å². The van der Waals surface area contributed by atoms with E-state index in [0.717, 1.165) is 44.1 Å². The number of nitrogens with zero attached hydrogens (tertiary/aromatic N) is 3. The quantitative estimate of drug-likeness (QED) is 0.793. The Bertz CT molecular complexity index is 451. The van der Waals surface area contributed by atoms with Gasteiger partial charge in [0.1, 0.15) is 11.6 Å². The molecule has 1 aromatic rings. The maximum absolute atomic E-state index is 11.0. The number of rotatable bonds is 2. The molecule has 1 saturated heterocycles. The van der Waals surface area contributed by atoms with E-state index in [1.807, 2.05) is 0 Å². The number of carboxylic acid groups (broad SMARTS) is 1. The zero-order valence-corrected chi connectivity index (χ0v) is 10.3. The first-order valence-corrected chi connectivity index (χ1v) is 6.61. The lowest BCUT2D eigenvalue weighted by atomic mass is 9.95. The van der Waals surface area contributed by atoms with Gasteiger partial charge in [0, 0.05) is 18.9 Å². The average molecular weight is 250 g/mol. The Hall–Kier alpha value is -1.43. The second-order valence-electron chi connectivity index (χ2n) is 5.18. The summed E-state index contributed by atoms with van der Waals surface area (Å²) in [6, 6.07) is 0. The van der Waals surface area contributed by atoms with Crippen molar-refractivity contribution in [3.05, 3.63) is 11.6 Å². The van der Waals surface area contributed by atoms with Crippen LogP contribution in [0.2, 0.25) is 0 Å². The third-order valence-electron chi connectivity index (χ3n) is 4.04. The zero-order chi connectivity index (χ0) is 12.5. The summed E-state index contributed by atoms with van der Waals surface area (Å²) < 4.78 is 2.15. The molecule has 0 amide bonds. The average Bonchev–Trinajstić information content (AvgIpc) is 2.82. The first-order valence-electron chi connectivity index (χ1n) is 6.61. The zero-order valence-electron chi connectivity index (χ0n) is 10.3. The van der Waals surface area contributed by atoms with E-state index in [0.29, 0.717) is 18.8 Å². The summed E-state index contributed by atoms with van der Waals surface area (Å²) in [7, 11) is 0. The predicted octanol–water partition coefficient (Wildman–Crippen LogP) is 0.392. The van der Waals surface area contributed by atoms with E-state index in [1.165, 1.54) is 0 Å². The summed E-state index contributed by atoms with van der Waals surface area (Å²) in [4.78, 5) is 11.0. The van der Waals surface area contributed by atoms with Gasteiger partial charge >= 0.3 is 5.97 Å². The van der Waals surface area contributed by atoms with E-state index in [1.54, 1.807) is 0 Å². The molecule has 2 aliphatic rings. The van der Waals surface area contributed by atoms with Crippen molar-refractivity contribution >= 4 is 5.97 Å². The fourth-order valence-corrected chi connectivity index (χ4v) is 2.94. The Labute approximate surface area is 105 Å². The number of carbonyl (C=O) groups is 1. The molecule has 18 heavy (non-hydrogen) atoms. The van der Waals surface area contributed by atoms with Gasteiger partial charge < -0.3 is 15.0 Å². The summed E-state index contributed by atoms with van der Waals surface area (Å²) in [5, 5.41) is 20.9. The molecular formula is C12H18N4O2. The molecule has 0 aromatic carbocycles. The van der Waals surface area contributed by atoms with E-state index in [4.69, 9.17) is 5.11 Å². The highest BCUT2D eigenvalue weighted by molar-refractivity contribution is 5.70. The fraction of sp³-hybridized carbons (Fsp3) is 0.750. The predicted molar refractivity (Wildman–Crippen MR) is 64.3 cm³/mol. The van der Waals surface area contributed by atoms with E-state index >= 15 is 0 Å². The van der Waals surface area contributed by atoms with E-state index in [9.17, 15) is 4.79 Å². The van der Waals surface area contributed by atoms with Crippen molar-refractivity contribution in [1.29, 1.82) is 0 Å². The van der Waals surface area contributed by atoms with Crippen molar-refractivity contribution in [3.63, 3.8) is 0 Å². The van der Waals surface area contributed by atoms with Crippen molar-refractivity contribution in [1.82, 2.24) is 20.1 Å². The van der Waals surface area contributed by atoms with Crippen molar-refractivity contribution in [3.8, 4) is 0 Å².